The summed E-state index contributed by atoms with van der Waals surface area (Å²) in [5, 5.41) is 10.4. The molecule has 1 atom stereocenters. The van der Waals surface area contributed by atoms with E-state index in [1.165, 1.54) is 6.92 Å². The minimum absolute atomic E-state index is 0. The monoisotopic (exact) mass is 476 g/mol. The van der Waals surface area contributed by atoms with Gasteiger partial charge in [0.15, 0.2) is 0 Å². The van der Waals surface area contributed by atoms with Crippen LogP contribution in [-0.2, 0) is 22.5 Å². The van der Waals surface area contributed by atoms with Crippen LogP contribution < -0.4 is 0 Å². The summed E-state index contributed by atoms with van der Waals surface area (Å²) in [6, 6.07) is 11.0. The molecule has 33 heavy (non-hydrogen) atoms. The summed E-state index contributed by atoms with van der Waals surface area (Å²) in [5.74, 6) is 0. The Balaban J connectivity index is 0.00000385. The van der Waals surface area contributed by atoms with Gasteiger partial charge >= 0.3 is 12.4 Å². The van der Waals surface area contributed by atoms with Crippen molar-refractivity contribution >= 4 is 0 Å². The molecule has 3 rings (SSSR count). The van der Waals surface area contributed by atoms with Gasteiger partial charge < -0.3 is 9.84 Å². The molecule has 0 unspecified atom stereocenters. The topological polar surface area (TPSA) is 29.5 Å². The van der Waals surface area contributed by atoms with Crippen LogP contribution in [0.5, 0.6) is 0 Å². The molecule has 8 heteroatoms. The fraction of sp³-hybridized carbons (Fsp3) is 0.520. The van der Waals surface area contributed by atoms with Crippen LogP contribution in [0.2, 0.25) is 0 Å². The summed E-state index contributed by atoms with van der Waals surface area (Å²) < 4.78 is 85.1. The molecule has 0 aromatic heterocycles. The largest absolute Gasteiger partial charge is 0.416 e. The number of ether oxygens (including phenoxy) is 1. The van der Waals surface area contributed by atoms with Gasteiger partial charge in [-0.25, -0.2) is 0 Å². The lowest BCUT2D eigenvalue weighted by Gasteiger charge is -2.43. The third-order valence-electron chi connectivity index (χ3n) is 6.36. The molecule has 184 valence electrons. The van der Waals surface area contributed by atoms with Gasteiger partial charge in [-0.15, -0.1) is 0 Å². The lowest BCUT2D eigenvalue weighted by atomic mass is 9.66. The Morgan fingerprint density at radius 1 is 0.879 bits per heavy atom. The maximum absolute atomic E-state index is 13.2. The van der Waals surface area contributed by atoms with Crippen molar-refractivity contribution in [1.82, 2.24) is 0 Å². The molecule has 1 N–H and O–H groups in total. The molecule has 2 nitrogen and oxygen atoms in total. The molecule has 0 heterocycles. The van der Waals surface area contributed by atoms with Gasteiger partial charge in [0.05, 0.1) is 29.4 Å². The Morgan fingerprint density at radius 2 is 1.36 bits per heavy atom. The van der Waals surface area contributed by atoms with E-state index in [4.69, 9.17) is 4.74 Å². The van der Waals surface area contributed by atoms with E-state index in [1.807, 2.05) is 30.3 Å². The highest BCUT2D eigenvalue weighted by molar-refractivity contribution is 5.35. The lowest BCUT2D eigenvalue weighted by Crippen LogP contribution is -2.42. The van der Waals surface area contributed by atoms with E-state index in [0.717, 1.165) is 5.56 Å². The highest BCUT2D eigenvalue weighted by Crippen LogP contribution is 2.44. The smallest absolute Gasteiger partial charge is 0.390 e. The third kappa shape index (κ3) is 6.51. The molecule has 0 bridgehead atoms. The van der Waals surface area contributed by atoms with Crippen molar-refractivity contribution in [3.63, 3.8) is 0 Å². The Hall–Kier alpha value is -2.06. The number of alkyl halides is 6. The van der Waals surface area contributed by atoms with Crippen LogP contribution in [0.1, 0.15) is 75.3 Å². The fourth-order valence-electron chi connectivity index (χ4n) is 4.17. The standard InChI is InChI=1S/C24H26F6O2.CH4/c1-16(17-12-19(23(25,26)27)14-20(13-17)24(28,29)30)32-15-22(18-6-4-3-5-7-18)10-8-21(2,31)9-11-22;/h3-7,12-14,16,31H,8-11,15H2,1-2H3;1H4/t16-,21?,22?;/m1./s1. The predicted octanol–water partition coefficient (Wildman–Crippen LogP) is 7.70. The summed E-state index contributed by atoms with van der Waals surface area (Å²) in [5.41, 5.74) is -3.21. The van der Waals surface area contributed by atoms with Crippen molar-refractivity contribution in [2.45, 2.75) is 76.4 Å². The number of benzene rings is 2. The summed E-state index contributed by atoms with van der Waals surface area (Å²) in [6.07, 6.45) is -8.59. The average molecular weight is 477 g/mol. The Labute approximate surface area is 190 Å². The van der Waals surface area contributed by atoms with Gasteiger partial charge in [-0.2, -0.15) is 26.3 Å². The van der Waals surface area contributed by atoms with Crippen LogP contribution in [0, 0.1) is 0 Å². The molecule has 2 aromatic rings. The van der Waals surface area contributed by atoms with Crippen molar-refractivity contribution in [3.8, 4) is 0 Å². The summed E-state index contributed by atoms with van der Waals surface area (Å²) in [4.78, 5) is 0. The second-order valence-corrected chi connectivity index (χ2v) is 8.94. The molecule has 1 aliphatic carbocycles. The van der Waals surface area contributed by atoms with Gasteiger partial charge in [0.2, 0.25) is 0 Å². The SMILES string of the molecule is C.C[C@@H](OCC1(c2ccccc2)CCC(C)(O)CC1)c1cc(C(F)(F)F)cc(C(F)(F)F)c1. The molecule has 0 amide bonds. The fourth-order valence-corrected chi connectivity index (χ4v) is 4.17. The number of halogens is 6. The van der Waals surface area contributed by atoms with Crippen LogP contribution in [-0.4, -0.2) is 17.3 Å². The molecule has 1 saturated carbocycles. The van der Waals surface area contributed by atoms with Crippen molar-refractivity contribution in [2.75, 3.05) is 6.61 Å². The molecular weight excluding hydrogens is 446 g/mol. The van der Waals surface area contributed by atoms with E-state index in [9.17, 15) is 31.4 Å². The van der Waals surface area contributed by atoms with Gasteiger partial charge in [-0.3, -0.25) is 0 Å². The Bertz CT molecular complexity index is 876. The van der Waals surface area contributed by atoms with Gasteiger partial charge in [0.25, 0.3) is 0 Å². The third-order valence-corrected chi connectivity index (χ3v) is 6.36. The van der Waals surface area contributed by atoms with Crippen molar-refractivity contribution in [2.24, 2.45) is 0 Å². The normalized spacial score (nSPS) is 24.8. The van der Waals surface area contributed by atoms with Crippen LogP contribution in [0.25, 0.3) is 0 Å². The quantitative estimate of drug-likeness (QED) is 0.448. The molecule has 0 radical (unpaired) electrons. The Kier molecular flexibility index (Phi) is 7.96. The first-order chi connectivity index (χ1) is 14.7. The van der Waals surface area contributed by atoms with Crippen molar-refractivity contribution in [1.29, 1.82) is 0 Å². The highest BCUT2D eigenvalue weighted by Gasteiger charge is 2.42. The van der Waals surface area contributed by atoms with Gasteiger partial charge in [-0.1, -0.05) is 37.8 Å². The van der Waals surface area contributed by atoms with E-state index in [1.54, 1.807) is 6.92 Å². The van der Waals surface area contributed by atoms with Crippen LogP contribution >= 0.6 is 0 Å². The molecule has 2 aromatic carbocycles. The number of aliphatic hydroxyl groups is 1. The van der Waals surface area contributed by atoms with Gasteiger partial charge in [0.1, 0.15) is 0 Å². The second kappa shape index (κ2) is 9.66. The number of hydrogen-bond acceptors (Lipinski definition) is 2. The summed E-state index contributed by atoms with van der Waals surface area (Å²) >= 11 is 0. The number of hydrogen-bond donors (Lipinski definition) is 1. The minimum atomic E-state index is -4.91. The zero-order valence-corrected chi connectivity index (χ0v) is 17.9. The zero-order valence-electron chi connectivity index (χ0n) is 17.9. The van der Waals surface area contributed by atoms with Crippen LogP contribution in [0.4, 0.5) is 26.3 Å². The molecule has 0 saturated heterocycles. The maximum Gasteiger partial charge on any atom is 0.416 e. The first-order valence-electron chi connectivity index (χ1n) is 10.4. The molecule has 0 aliphatic heterocycles. The minimum Gasteiger partial charge on any atom is -0.390 e. The van der Waals surface area contributed by atoms with Gasteiger partial charge in [-0.05, 0) is 68.9 Å². The number of rotatable bonds is 5. The zero-order chi connectivity index (χ0) is 23.8. The first kappa shape index (κ1) is 27.2. The van der Waals surface area contributed by atoms with E-state index in [0.29, 0.717) is 37.8 Å². The van der Waals surface area contributed by atoms with E-state index in [-0.39, 0.29) is 25.7 Å². The molecule has 1 fully saturated rings. The van der Waals surface area contributed by atoms with E-state index >= 15 is 0 Å². The van der Waals surface area contributed by atoms with Crippen molar-refractivity contribution < 1.29 is 36.2 Å². The molecule has 1 aliphatic rings. The second-order valence-electron chi connectivity index (χ2n) is 8.94. The molecular formula is C25H30F6O2. The lowest BCUT2D eigenvalue weighted by molar-refractivity contribution is -0.143. The first-order valence-corrected chi connectivity index (χ1v) is 10.4. The van der Waals surface area contributed by atoms with E-state index < -0.39 is 40.6 Å². The van der Waals surface area contributed by atoms with Crippen molar-refractivity contribution in [3.05, 3.63) is 70.8 Å². The average Bonchev–Trinajstić information content (AvgIpc) is 2.72. The molecule has 0 spiro atoms. The van der Waals surface area contributed by atoms with Gasteiger partial charge in [0, 0.05) is 5.41 Å². The summed E-state index contributed by atoms with van der Waals surface area (Å²) in [6.45, 7) is 3.33. The summed E-state index contributed by atoms with van der Waals surface area (Å²) in [7, 11) is 0. The predicted molar refractivity (Wildman–Crippen MR) is 115 cm³/mol. The maximum atomic E-state index is 13.2. The highest BCUT2D eigenvalue weighted by atomic mass is 19.4. The van der Waals surface area contributed by atoms with Crippen LogP contribution in [0.15, 0.2) is 48.5 Å². The van der Waals surface area contributed by atoms with E-state index in [2.05, 4.69) is 0 Å². The van der Waals surface area contributed by atoms with Crippen LogP contribution in [0.3, 0.4) is 0 Å². The Morgan fingerprint density at radius 3 is 1.82 bits per heavy atom.